The van der Waals surface area contributed by atoms with Crippen molar-refractivity contribution in [2.45, 2.75) is 24.7 Å². The molecule has 0 saturated carbocycles. The number of nitrogens with one attached hydrogen (secondary N) is 1. The molecule has 7 nitrogen and oxygen atoms in total. The minimum absolute atomic E-state index is 0.105. The van der Waals surface area contributed by atoms with E-state index in [1.165, 1.54) is 6.07 Å². The lowest BCUT2D eigenvalue weighted by Gasteiger charge is -2.10. The number of ketones is 1. The number of Topliss-reactive ketones (excluding diaryl/α,β-unsaturated/α-hetero) is 1. The highest BCUT2D eigenvalue weighted by Gasteiger charge is 2.21. The van der Waals surface area contributed by atoms with Crippen molar-refractivity contribution in [1.29, 1.82) is 0 Å². The van der Waals surface area contributed by atoms with Crippen LogP contribution in [-0.4, -0.2) is 30.3 Å². The first-order chi connectivity index (χ1) is 12.2. The molecule has 0 aliphatic carbocycles. The molecule has 138 valence electrons. The van der Waals surface area contributed by atoms with Crippen molar-refractivity contribution in [2.75, 3.05) is 4.72 Å². The lowest BCUT2D eigenvalue weighted by atomic mass is 10.2. The number of pyridine rings is 1. The molecule has 26 heavy (non-hydrogen) atoms. The molecule has 0 bridgehead atoms. The summed E-state index contributed by atoms with van der Waals surface area (Å²) >= 11 is 0. The Kier molecular flexibility index (Phi) is 5.66. The van der Waals surface area contributed by atoms with Crippen LogP contribution < -0.4 is 4.72 Å². The Morgan fingerprint density at radius 2 is 1.81 bits per heavy atom. The number of carboxylic acid groups (broad SMARTS) is 1. The van der Waals surface area contributed by atoms with Crippen molar-refractivity contribution in [3.8, 4) is 0 Å². The number of anilines is 1. The average Bonchev–Trinajstić information content (AvgIpc) is 2.53. The van der Waals surface area contributed by atoms with Crippen LogP contribution in [0.5, 0.6) is 0 Å². The van der Waals surface area contributed by atoms with E-state index in [9.17, 15) is 26.8 Å². The molecule has 0 atom stereocenters. The van der Waals surface area contributed by atoms with Gasteiger partial charge in [-0.2, -0.15) is 0 Å². The van der Waals surface area contributed by atoms with Gasteiger partial charge in [-0.05, 0) is 30.7 Å². The lowest BCUT2D eigenvalue weighted by Crippen LogP contribution is -2.15. The number of sulfonamides is 1. The summed E-state index contributed by atoms with van der Waals surface area (Å²) in [6.07, 6.45) is 1.83. The van der Waals surface area contributed by atoms with Crippen molar-refractivity contribution in [1.82, 2.24) is 4.98 Å². The predicted octanol–water partition coefficient (Wildman–Crippen LogP) is 2.84. The molecule has 0 fully saturated rings. The van der Waals surface area contributed by atoms with Crippen molar-refractivity contribution >= 4 is 27.5 Å². The van der Waals surface area contributed by atoms with Crippen LogP contribution in [0.15, 0.2) is 35.4 Å². The summed E-state index contributed by atoms with van der Waals surface area (Å²) in [6, 6.07) is 3.48. The van der Waals surface area contributed by atoms with E-state index in [1.807, 2.05) is 11.6 Å². The fourth-order valence-electron chi connectivity index (χ4n) is 2.11. The second-order valence-corrected chi connectivity index (χ2v) is 6.96. The van der Waals surface area contributed by atoms with Crippen LogP contribution in [0.1, 0.15) is 40.6 Å². The van der Waals surface area contributed by atoms with E-state index in [2.05, 4.69) is 4.98 Å². The highest BCUT2D eigenvalue weighted by molar-refractivity contribution is 7.92. The third-order valence-corrected chi connectivity index (χ3v) is 4.68. The van der Waals surface area contributed by atoms with Crippen molar-refractivity contribution in [3.05, 3.63) is 53.4 Å². The largest absolute Gasteiger partial charge is 0.477 e. The van der Waals surface area contributed by atoms with Gasteiger partial charge >= 0.3 is 5.97 Å². The monoisotopic (exact) mass is 384 g/mol. The Labute approximate surface area is 147 Å². The van der Waals surface area contributed by atoms with Gasteiger partial charge in [0, 0.05) is 12.6 Å². The average molecular weight is 384 g/mol. The van der Waals surface area contributed by atoms with Gasteiger partial charge in [-0.15, -0.1) is 0 Å². The van der Waals surface area contributed by atoms with Gasteiger partial charge in [-0.1, -0.05) is 6.92 Å². The van der Waals surface area contributed by atoms with Gasteiger partial charge in [0.1, 0.15) is 27.8 Å². The maximum Gasteiger partial charge on any atom is 0.341 e. The predicted molar refractivity (Wildman–Crippen MR) is 87.6 cm³/mol. The van der Waals surface area contributed by atoms with Crippen LogP contribution in [0.25, 0.3) is 0 Å². The number of carbonyl (C=O) groups excluding carboxylic acids is 1. The van der Waals surface area contributed by atoms with Crippen LogP contribution in [-0.2, 0) is 10.0 Å². The fourth-order valence-corrected chi connectivity index (χ4v) is 3.09. The lowest BCUT2D eigenvalue weighted by molar-refractivity contribution is 0.0686. The number of aromatic nitrogens is 1. The fraction of sp³-hybridized carbons (Fsp3) is 0.188. The molecule has 10 heteroatoms. The van der Waals surface area contributed by atoms with Crippen LogP contribution in [0.3, 0.4) is 0 Å². The Hall–Kier alpha value is -2.88. The topological polar surface area (TPSA) is 113 Å². The molecule has 0 amide bonds. The van der Waals surface area contributed by atoms with Gasteiger partial charge in [0.2, 0.25) is 0 Å². The Balaban J connectivity index is 2.29. The molecule has 0 saturated heterocycles. The number of hydrogen-bond acceptors (Lipinski definition) is 5. The molecule has 2 aromatic rings. The van der Waals surface area contributed by atoms with E-state index >= 15 is 0 Å². The summed E-state index contributed by atoms with van der Waals surface area (Å²) in [6.45, 7) is 1.81. The molecule has 0 radical (unpaired) electrons. The van der Waals surface area contributed by atoms with Crippen LogP contribution >= 0.6 is 0 Å². The zero-order valence-electron chi connectivity index (χ0n) is 13.5. The van der Waals surface area contributed by atoms with E-state index in [0.717, 1.165) is 12.3 Å². The number of carboxylic acids is 1. The first kappa shape index (κ1) is 19.4. The minimum Gasteiger partial charge on any atom is -0.477 e. The van der Waals surface area contributed by atoms with Gasteiger partial charge in [-0.3, -0.25) is 14.5 Å². The number of carbonyl (C=O) groups is 2. The second kappa shape index (κ2) is 7.56. The number of hydrogen-bond donors (Lipinski definition) is 2. The quantitative estimate of drug-likeness (QED) is 0.710. The Morgan fingerprint density at radius 1 is 1.19 bits per heavy atom. The zero-order valence-corrected chi connectivity index (χ0v) is 14.3. The SMILES string of the molecule is CCCC(=O)c1ccc(S(=O)(=O)Nc2cc(F)c(C(=O)O)c(F)c2)cn1. The Bertz CT molecular complexity index is 936. The minimum atomic E-state index is -4.24. The van der Waals surface area contributed by atoms with E-state index < -0.39 is 38.9 Å². The van der Waals surface area contributed by atoms with Crippen molar-refractivity contribution < 1.29 is 31.9 Å². The summed E-state index contributed by atoms with van der Waals surface area (Å²) in [7, 11) is -4.24. The van der Waals surface area contributed by atoms with Crippen molar-refractivity contribution in [2.24, 2.45) is 0 Å². The molecule has 1 heterocycles. The molecule has 1 aromatic carbocycles. The first-order valence-electron chi connectivity index (χ1n) is 7.40. The first-order valence-corrected chi connectivity index (χ1v) is 8.88. The van der Waals surface area contributed by atoms with E-state index in [4.69, 9.17) is 5.11 Å². The van der Waals surface area contributed by atoms with Crippen molar-refractivity contribution in [3.63, 3.8) is 0 Å². The summed E-state index contributed by atoms with van der Waals surface area (Å²) < 4.78 is 53.7. The summed E-state index contributed by atoms with van der Waals surface area (Å²) in [5.41, 5.74) is -1.57. The Morgan fingerprint density at radius 3 is 2.27 bits per heavy atom. The van der Waals surface area contributed by atoms with Crippen LogP contribution in [0, 0.1) is 11.6 Å². The van der Waals surface area contributed by atoms with Crippen LogP contribution in [0.4, 0.5) is 14.5 Å². The van der Waals surface area contributed by atoms with Gasteiger partial charge in [-0.25, -0.2) is 22.0 Å². The number of benzene rings is 1. The summed E-state index contributed by atoms with van der Waals surface area (Å²) in [5, 5.41) is 8.70. The summed E-state index contributed by atoms with van der Waals surface area (Å²) in [5.74, 6) is -4.90. The molecule has 0 aliphatic heterocycles. The summed E-state index contributed by atoms with van der Waals surface area (Å²) in [4.78, 5) is 25.9. The van der Waals surface area contributed by atoms with Gasteiger partial charge in [0.05, 0.1) is 5.69 Å². The standard InChI is InChI=1S/C16H14F2N2O5S/c1-2-3-14(21)13-5-4-10(8-19-13)26(24,25)20-9-6-11(17)15(16(22)23)12(18)7-9/h4-8,20H,2-3H2,1H3,(H,22,23). The smallest absolute Gasteiger partial charge is 0.341 e. The van der Waals surface area contributed by atoms with E-state index in [-0.39, 0.29) is 22.8 Å². The highest BCUT2D eigenvalue weighted by atomic mass is 32.2. The van der Waals surface area contributed by atoms with Gasteiger partial charge in [0.25, 0.3) is 10.0 Å². The molecule has 2 rings (SSSR count). The molecular formula is C16H14F2N2O5S. The third-order valence-electron chi connectivity index (χ3n) is 3.32. The van der Waals surface area contributed by atoms with Crippen LogP contribution in [0.2, 0.25) is 0 Å². The number of aromatic carboxylic acids is 1. The van der Waals surface area contributed by atoms with Gasteiger partial charge in [0.15, 0.2) is 5.78 Å². The molecule has 2 N–H and O–H groups in total. The molecular weight excluding hydrogens is 370 g/mol. The zero-order chi connectivity index (χ0) is 19.5. The molecule has 1 aromatic heterocycles. The molecule has 0 spiro atoms. The number of rotatable bonds is 7. The maximum atomic E-state index is 13.6. The number of nitrogens with zero attached hydrogens (tertiary/aromatic N) is 1. The normalized spacial score (nSPS) is 11.2. The van der Waals surface area contributed by atoms with Gasteiger partial charge < -0.3 is 5.11 Å². The second-order valence-electron chi connectivity index (χ2n) is 5.28. The maximum absolute atomic E-state index is 13.6. The van der Waals surface area contributed by atoms with E-state index in [0.29, 0.717) is 18.6 Å². The third kappa shape index (κ3) is 4.20. The molecule has 0 aliphatic rings. The number of halogens is 2. The highest BCUT2D eigenvalue weighted by Crippen LogP contribution is 2.22. The van der Waals surface area contributed by atoms with E-state index in [1.54, 1.807) is 0 Å². The molecule has 0 unspecified atom stereocenters.